The Hall–Kier alpha value is -6.19. The van der Waals surface area contributed by atoms with Crippen LogP contribution in [-0.2, 0) is 35.3 Å². The highest BCUT2D eigenvalue weighted by Gasteiger charge is 2.61. The zero-order valence-corrected chi connectivity index (χ0v) is 30.2. The molecule has 2 aliphatic rings. The van der Waals surface area contributed by atoms with Crippen molar-refractivity contribution in [2.75, 3.05) is 35.2 Å². The molecule has 8 nitrogen and oxygen atoms in total. The van der Waals surface area contributed by atoms with Gasteiger partial charge in [0, 0.05) is 79.7 Å². The molecule has 1 fully saturated rings. The number of halogens is 1. The van der Waals surface area contributed by atoms with Gasteiger partial charge in [0.05, 0.1) is 24.2 Å². The normalized spacial score (nSPS) is 19.4. The third-order valence-corrected chi connectivity index (χ3v) is 10.7. The lowest BCUT2D eigenvalue weighted by Gasteiger charge is -2.61. The molecule has 4 heterocycles. The van der Waals surface area contributed by atoms with Gasteiger partial charge < -0.3 is 15.5 Å². The quantitative estimate of drug-likeness (QED) is 0.135. The Kier molecular flexibility index (Phi) is 9.71. The van der Waals surface area contributed by atoms with Crippen molar-refractivity contribution in [3.8, 4) is 0 Å². The number of nitrogens with zero attached hydrogens (tertiary/aromatic N) is 4. The van der Waals surface area contributed by atoms with Crippen molar-refractivity contribution in [1.82, 2.24) is 15.3 Å². The third kappa shape index (κ3) is 6.41. The number of fused-ring (bicyclic) bond motifs is 1. The molecule has 0 aliphatic carbocycles. The summed E-state index contributed by atoms with van der Waals surface area (Å²) in [7, 11) is 0. The number of aromatic nitrogens is 2. The van der Waals surface area contributed by atoms with Gasteiger partial charge in [0.15, 0.2) is 0 Å². The molecule has 6 aromatic rings. The van der Waals surface area contributed by atoms with Gasteiger partial charge in [-0.2, -0.15) is 0 Å². The fourth-order valence-electron chi connectivity index (χ4n) is 8.49. The van der Waals surface area contributed by atoms with E-state index in [1.165, 1.54) is 30.2 Å². The molecule has 270 valence electrons. The number of carbonyl (C=O) groups excluding carboxylic acids is 1. The molecule has 9 heteroatoms. The molecule has 1 saturated heterocycles. The van der Waals surface area contributed by atoms with E-state index < -0.39 is 11.1 Å². The van der Waals surface area contributed by atoms with Gasteiger partial charge in [-0.3, -0.25) is 20.1 Å². The molecule has 0 spiro atoms. The first-order chi connectivity index (χ1) is 26.5. The molecule has 4 aromatic carbocycles. The number of rotatable bonds is 10. The molecule has 1 amide bonds. The highest BCUT2D eigenvalue weighted by molar-refractivity contribution is 5.92. The van der Waals surface area contributed by atoms with Gasteiger partial charge in [0.25, 0.3) is 0 Å². The van der Waals surface area contributed by atoms with Gasteiger partial charge in [0.2, 0.25) is 5.91 Å². The number of pyridine rings is 2. The van der Waals surface area contributed by atoms with E-state index in [1.54, 1.807) is 6.20 Å². The Morgan fingerprint density at radius 1 is 0.815 bits per heavy atom. The van der Waals surface area contributed by atoms with E-state index in [-0.39, 0.29) is 11.7 Å². The van der Waals surface area contributed by atoms with Crippen molar-refractivity contribution in [2.45, 2.75) is 37.4 Å². The summed E-state index contributed by atoms with van der Waals surface area (Å²) < 4.78 is 14.7. The van der Waals surface area contributed by atoms with Crippen LogP contribution in [0, 0.1) is 5.82 Å². The largest absolute Gasteiger partial charge is 0.379 e. The van der Waals surface area contributed by atoms with E-state index in [4.69, 9.17) is 9.98 Å². The van der Waals surface area contributed by atoms with Crippen LogP contribution in [0.3, 0.4) is 0 Å². The van der Waals surface area contributed by atoms with Gasteiger partial charge in [-0.25, -0.2) is 9.37 Å². The summed E-state index contributed by atoms with van der Waals surface area (Å²) in [5, 5.41) is 11.0. The van der Waals surface area contributed by atoms with Crippen LogP contribution in [0.4, 0.5) is 21.6 Å². The molecular weight excluding hydrogens is 674 g/mol. The summed E-state index contributed by atoms with van der Waals surface area (Å²) in [5.41, 5.74) is 7.23. The summed E-state index contributed by atoms with van der Waals surface area (Å²) in [5.74, 6) is -0.0878. The topological polar surface area (TPSA) is 94.5 Å². The highest BCUT2D eigenvalue weighted by atomic mass is 19.1. The monoisotopic (exact) mass is 715 g/mol. The van der Waals surface area contributed by atoms with E-state index in [0.717, 1.165) is 45.8 Å². The molecule has 2 aliphatic heterocycles. The van der Waals surface area contributed by atoms with Crippen LogP contribution in [0.1, 0.15) is 40.3 Å². The fourth-order valence-corrected chi connectivity index (χ4v) is 8.49. The van der Waals surface area contributed by atoms with E-state index in [1.807, 2.05) is 48.8 Å². The number of benzene rings is 4. The second-order valence-electron chi connectivity index (χ2n) is 13.9. The number of anilines is 3. The van der Waals surface area contributed by atoms with Crippen LogP contribution in [0.2, 0.25) is 0 Å². The molecular formula is C45H42FN7O. The molecule has 8 rings (SSSR count). The molecule has 0 saturated carbocycles. The molecule has 0 radical (unpaired) electrons. The van der Waals surface area contributed by atoms with E-state index in [0.29, 0.717) is 38.4 Å². The minimum atomic E-state index is -1.03. The molecule has 2 aromatic heterocycles. The number of aliphatic imine (C=N–C) groups is 1. The Balaban J connectivity index is 1.40. The van der Waals surface area contributed by atoms with Crippen molar-refractivity contribution in [3.05, 3.63) is 185 Å². The number of piperazine rings is 1. The van der Waals surface area contributed by atoms with E-state index >= 15 is 0 Å². The summed E-state index contributed by atoms with van der Waals surface area (Å²) in [6, 6.07) is 42.1. The third-order valence-electron chi connectivity index (χ3n) is 10.7. The van der Waals surface area contributed by atoms with E-state index in [9.17, 15) is 9.18 Å². The Bertz CT molecular complexity index is 2280. The Labute approximate surface area is 315 Å². The van der Waals surface area contributed by atoms with Gasteiger partial charge in [-0.1, -0.05) is 78.9 Å². The van der Waals surface area contributed by atoms with Crippen molar-refractivity contribution >= 4 is 28.8 Å². The lowest BCUT2D eigenvalue weighted by molar-refractivity contribution is -0.114. The summed E-state index contributed by atoms with van der Waals surface area (Å²) in [6.45, 7) is 3.89. The summed E-state index contributed by atoms with van der Waals surface area (Å²) in [6.07, 6.45) is 6.62. The second-order valence-corrected chi connectivity index (χ2v) is 13.9. The predicted molar refractivity (Wildman–Crippen MR) is 213 cm³/mol. The first-order valence-corrected chi connectivity index (χ1v) is 18.4. The van der Waals surface area contributed by atoms with Crippen LogP contribution < -0.4 is 20.9 Å². The van der Waals surface area contributed by atoms with E-state index in [2.05, 4.69) is 105 Å². The number of amides is 1. The number of hydrogen-bond donors (Lipinski definition) is 3. The standard InChI is InChI=1S/C45H42FN7O/c1-32(54)52-43-41(15-9-23-48-43)44(29-33-10-3-2-4-11-33)45(36-21-24-47-25-22-36,51-26-27-53(44)39-19-17-37(46)18-20-39)40-14-7-8-16-42(40)50-31-38-28-34-12-5-6-13-35(34)30-49-38/h2-25,50-51H,26-31H2,1H3,(H,48,52,54)/t44-,45?/m0/s1. The van der Waals surface area contributed by atoms with Crippen LogP contribution in [0.25, 0.3) is 0 Å². The van der Waals surface area contributed by atoms with Crippen molar-refractivity contribution < 1.29 is 9.18 Å². The predicted octanol–water partition coefficient (Wildman–Crippen LogP) is 7.67. The number of hydrogen-bond acceptors (Lipinski definition) is 7. The van der Waals surface area contributed by atoms with Crippen molar-refractivity contribution in [2.24, 2.45) is 4.99 Å². The lowest BCUT2D eigenvalue weighted by atomic mass is 9.59. The van der Waals surface area contributed by atoms with Gasteiger partial charge >= 0.3 is 0 Å². The maximum Gasteiger partial charge on any atom is 0.222 e. The van der Waals surface area contributed by atoms with Crippen LogP contribution in [0.5, 0.6) is 0 Å². The van der Waals surface area contributed by atoms with Crippen LogP contribution in [-0.4, -0.2) is 41.2 Å². The Morgan fingerprint density at radius 3 is 2.33 bits per heavy atom. The van der Waals surface area contributed by atoms with Gasteiger partial charge in [-0.15, -0.1) is 0 Å². The second kappa shape index (κ2) is 15.0. The number of nitrogens with one attached hydrogen (secondary N) is 3. The van der Waals surface area contributed by atoms with Gasteiger partial charge in [0.1, 0.15) is 11.6 Å². The van der Waals surface area contributed by atoms with Crippen LogP contribution >= 0.6 is 0 Å². The first-order valence-electron chi connectivity index (χ1n) is 18.4. The molecule has 2 atom stereocenters. The SMILES string of the molecule is CC(=O)Nc1ncccc1[C@]1(Cc2ccccc2)N(c2ccc(F)cc2)CCNC1(c1ccncc1)c1ccccc1NCC1=NCc2ccccc2C1. The van der Waals surface area contributed by atoms with Crippen molar-refractivity contribution in [1.29, 1.82) is 0 Å². The molecule has 0 bridgehead atoms. The lowest BCUT2D eigenvalue weighted by Crippen LogP contribution is -2.73. The zero-order chi connectivity index (χ0) is 37.0. The smallest absolute Gasteiger partial charge is 0.222 e. The first kappa shape index (κ1) is 34.9. The summed E-state index contributed by atoms with van der Waals surface area (Å²) >= 11 is 0. The maximum absolute atomic E-state index is 14.7. The minimum Gasteiger partial charge on any atom is -0.379 e. The zero-order valence-electron chi connectivity index (χ0n) is 30.2. The maximum atomic E-state index is 14.7. The number of para-hydroxylation sites is 1. The Morgan fingerprint density at radius 2 is 1.54 bits per heavy atom. The minimum absolute atomic E-state index is 0.228. The fraction of sp³-hybridized carbons (Fsp3) is 0.200. The highest BCUT2D eigenvalue weighted by Crippen LogP contribution is 2.56. The summed E-state index contributed by atoms with van der Waals surface area (Å²) in [4.78, 5) is 29.6. The van der Waals surface area contributed by atoms with Crippen LogP contribution in [0.15, 0.2) is 151 Å². The average molecular weight is 716 g/mol. The molecule has 54 heavy (non-hydrogen) atoms. The molecule has 3 N–H and O–H groups in total. The van der Waals surface area contributed by atoms with Crippen molar-refractivity contribution in [3.63, 3.8) is 0 Å². The van der Waals surface area contributed by atoms with Gasteiger partial charge in [-0.05, 0) is 70.8 Å². The average Bonchev–Trinajstić information content (AvgIpc) is 3.21. The number of carbonyl (C=O) groups is 1. The molecule has 1 unspecified atom stereocenters.